The number of hydrogen-bond acceptors (Lipinski definition) is 4. The van der Waals surface area contributed by atoms with Crippen LogP contribution in [0.1, 0.15) is 71.4 Å². The molecule has 2 aromatic heterocycles. The summed E-state index contributed by atoms with van der Waals surface area (Å²) in [5.74, 6) is 1.83. The number of benzene rings is 1. The van der Waals surface area contributed by atoms with Gasteiger partial charge in [-0.05, 0) is 56.0 Å². The Kier molecular flexibility index (Phi) is 6.11. The van der Waals surface area contributed by atoms with Crippen molar-refractivity contribution in [3.8, 4) is 5.75 Å². The van der Waals surface area contributed by atoms with Gasteiger partial charge in [0.05, 0.1) is 11.7 Å². The van der Waals surface area contributed by atoms with Gasteiger partial charge in [0.2, 0.25) is 0 Å². The molecule has 2 heterocycles. The quantitative estimate of drug-likeness (QED) is 0.622. The van der Waals surface area contributed by atoms with Gasteiger partial charge in [-0.2, -0.15) is 5.10 Å². The fraction of sp³-hybridized carbons (Fsp3) is 0.391. The van der Waals surface area contributed by atoms with Crippen LogP contribution in [0.4, 0.5) is 0 Å². The van der Waals surface area contributed by atoms with E-state index >= 15 is 0 Å². The Morgan fingerprint density at radius 3 is 2.59 bits per heavy atom. The van der Waals surface area contributed by atoms with E-state index in [2.05, 4.69) is 36.4 Å². The Hall–Kier alpha value is -3.02. The summed E-state index contributed by atoms with van der Waals surface area (Å²) < 4.78 is 13.4. The number of carbonyl (C=O) groups excluding carboxylic acids is 1. The van der Waals surface area contributed by atoms with Crippen molar-refractivity contribution in [1.29, 1.82) is 0 Å². The van der Waals surface area contributed by atoms with Crippen LogP contribution in [0.2, 0.25) is 0 Å². The van der Waals surface area contributed by atoms with Gasteiger partial charge >= 0.3 is 0 Å². The van der Waals surface area contributed by atoms with Gasteiger partial charge in [-0.1, -0.05) is 26.0 Å². The molecule has 1 atom stereocenters. The molecule has 0 radical (unpaired) electrons. The highest BCUT2D eigenvalue weighted by molar-refractivity contribution is 5.91. The van der Waals surface area contributed by atoms with E-state index in [1.54, 1.807) is 16.8 Å². The molecule has 1 unspecified atom stereocenters. The molecule has 1 N–H and O–H groups in total. The van der Waals surface area contributed by atoms with Crippen LogP contribution in [0.25, 0.3) is 0 Å². The molecule has 0 saturated heterocycles. The first-order chi connectivity index (χ1) is 13.7. The van der Waals surface area contributed by atoms with Gasteiger partial charge in [0.25, 0.3) is 5.91 Å². The van der Waals surface area contributed by atoms with Gasteiger partial charge in [-0.3, -0.25) is 9.48 Å². The number of carbonyl (C=O) groups is 1. The van der Waals surface area contributed by atoms with Crippen molar-refractivity contribution in [3.05, 3.63) is 70.4 Å². The Bertz CT molecular complexity index is 1000. The molecular weight excluding hydrogens is 366 g/mol. The average Bonchev–Trinajstić information content (AvgIpc) is 3.25. The van der Waals surface area contributed by atoms with E-state index in [0.717, 1.165) is 28.1 Å². The summed E-state index contributed by atoms with van der Waals surface area (Å²) in [5, 5.41) is 7.28. The van der Waals surface area contributed by atoms with E-state index in [1.165, 1.54) is 0 Å². The lowest BCUT2D eigenvalue weighted by molar-refractivity contribution is 0.0907. The lowest BCUT2D eigenvalue weighted by atomic mass is 10.0. The van der Waals surface area contributed by atoms with E-state index in [9.17, 15) is 4.79 Å². The van der Waals surface area contributed by atoms with Crippen LogP contribution >= 0.6 is 0 Å². The number of aryl methyl sites for hydroxylation is 3. The molecule has 1 aromatic carbocycles. The highest BCUT2D eigenvalue weighted by atomic mass is 16.5. The molecule has 6 nitrogen and oxygen atoms in total. The van der Waals surface area contributed by atoms with E-state index in [-0.39, 0.29) is 24.3 Å². The number of aromatic nitrogens is 2. The van der Waals surface area contributed by atoms with Crippen molar-refractivity contribution in [3.63, 3.8) is 0 Å². The molecule has 6 heteroatoms. The third-order valence-corrected chi connectivity index (χ3v) is 4.91. The first-order valence-electron chi connectivity index (χ1n) is 9.87. The third kappa shape index (κ3) is 4.88. The minimum absolute atomic E-state index is 0.165. The van der Waals surface area contributed by atoms with Gasteiger partial charge < -0.3 is 14.5 Å². The van der Waals surface area contributed by atoms with E-state index in [1.807, 2.05) is 40.1 Å². The monoisotopic (exact) mass is 395 g/mol. The predicted octanol–water partition coefficient (Wildman–Crippen LogP) is 4.82. The number of ether oxygens (including phenoxy) is 1. The summed E-state index contributed by atoms with van der Waals surface area (Å²) in [6.07, 6.45) is 1.91. The normalized spacial score (nSPS) is 12.2. The molecule has 0 bridgehead atoms. The van der Waals surface area contributed by atoms with Crippen LogP contribution in [-0.4, -0.2) is 15.7 Å². The van der Waals surface area contributed by atoms with Gasteiger partial charge in [-0.25, -0.2) is 0 Å². The SMILES string of the molecule is Cc1ccc(C(C)C)c(OCc2ccc(C(=O)NC(C)c3cn(C)nc3C)o2)c1. The molecule has 1 amide bonds. The fourth-order valence-corrected chi connectivity index (χ4v) is 3.36. The highest BCUT2D eigenvalue weighted by Crippen LogP contribution is 2.28. The Balaban J connectivity index is 1.64. The standard InChI is InChI=1S/C23H29N3O3/c1-14(2)19-9-7-15(3)11-22(19)28-13-18-8-10-21(29-18)23(27)24-16(4)20-12-26(6)25-17(20)5/h7-12,14,16H,13H2,1-6H3,(H,24,27). The molecular formula is C23H29N3O3. The molecule has 0 aliphatic carbocycles. The van der Waals surface area contributed by atoms with E-state index in [4.69, 9.17) is 9.15 Å². The zero-order valence-electron chi connectivity index (χ0n) is 17.9. The van der Waals surface area contributed by atoms with Gasteiger partial charge in [-0.15, -0.1) is 0 Å². The van der Waals surface area contributed by atoms with Crippen molar-refractivity contribution >= 4 is 5.91 Å². The third-order valence-electron chi connectivity index (χ3n) is 4.91. The number of furan rings is 1. The smallest absolute Gasteiger partial charge is 0.287 e. The molecule has 0 saturated carbocycles. The fourth-order valence-electron chi connectivity index (χ4n) is 3.36. The van der Waals surface area contributed by atoms with Gasteiger partial charge in [0, 0.05) is 18.8 Å². The summed E-state index contributed by atoms with van der Waals surface area (Å²) in [7, 11) is 1.86. The minimum Gasteiger partial charge on any atom is -0.485 e. The van der Waals surface area contributed by atoms with Crippen molar-refractivity contribution in [2.45, 2.75) is 53.2 Å². The number of nitrogens with zero attached hydrogens (tertiary/aromatic N) is 2. The second-order valence-corrected chi connectivity index (χ2v) is 7.79. The topological polar surface area (TPSA) is 69.3 Å². The number of rotatable bonds is 7. The van der Waals surface area contributed by atoms with E-state index < -0.39 is 0 Å². The number of nitrogens with one attached hydrogen (secondary N) is 1. The molecule has 3 aromatic rings. The highest BCUT2D eigenvalue weighted by Gasteiger charge is 2.18. The molecule has 0 aliphatic heterocycles. The second kappa shape index (κ2) is 8.55. The van der Waals surface area contributed by atoms with Crippen molar-refractivity contribution < 1.29 is 13.9 Å². The summed E-state index contributed by atoms with van der Waals surface area (Å²) in [6.45, 7) is 10.4. The van der Waals surface area contributed by atoms with Crippen molar-refractivity contribution in [1.82, 2.24) is 15.1 Å². The van der Waals surface area contributed by atoms with Crippen LogP contribution in [0.15, 0.2) is 40.9 Å². The molecule has 154 valence electrons. The number of hydrogen-bond donors (Lipinski definition) is 1. The van der Waals surface area contributed by atoms with E-state index in [0.29, 0.717) is 11.7 Å². The van der Waals surface area contributed by atoms with Gasteiger partial charge in [0.15, 0.2) is 5.76 Å². The molecule has 0 aliphatic rings. The Morgan fingerprint density at radius 1 is 1.17 bits per heavy atom. The maximum Gasteiger partial charge on any atom is 0.287 e. The van der Waals surface area contributed by atoms with Crippen LogP contribution in [0, 0.1) is 13.8 Å². The molecule has 29 heavy (non-hydrogen) atoms. The lowest BCUT2D eigenvalue weighted by Crippen LogP contribution is -2.26. The zero-order chi connectivity index (χ0) is 21.1. The zero-order valence-corrected chi connectivity index (χ0v) is 17.9. The largest absolute Gasteiger partial charge is 0.485 e. The Morgan fingerprint density at radius 2 is 1.93 bits per heavy atom. The van der Waals surface area contributed by atoms with Crippen LogP contribution < -0.4 is 10.1 Å². The second-order valence-electron chi connectivity index (χ2n) is 7.79. The summed E-state index contributed by atoms with van der Waals surface area (Å²) in [5.41, 5.74) is 4.17. The van der Waals surface area contributed by atoms with Crippen molar-refractivity contribution in [2.75, 3.05) is 0 Å². The first-order valence-corrected chi connectivity index (χ1v) is 9.87. The van der Waals surface area contributed by atoms with Crippen molar-refractivity contribution in [2.24, 2.45) is 7.05 Å². The summed E-state index contributed by atoms with van der Waals surface area (Å²) >= 11 is 0. The average molecular weight is 396 g/mol. The molecule has 3 rings (SSSR count). The van der Waals surface area contributed by atoms with Crippen LogP contribution in [-0.2, 0) is 13.7 Å². The van der Waals surface area contributed by atoms with Crippen LogP contribution in [0.5, 0.6) is 5.75 Å². The predicted molar refractivity (Wildman–Crippen MR) is 112 cm³/mol. The molecule has 0 spiro atoms. The van der Waals surface area contributed by atoms with Crippen LogP contribution in [0.3, 0.4) is 0 Å². The summed E-state index contributed by atoms with van der Waals surface area (Å²) in [6, 6.07) is 9.50. The summed E-state index contributed by atoms with van der Waals surface area (Å²) in [4.78, 5) is 12.5. The maximum absolute atomic E-state index is 12.5. The number of amides is 1. The first kappa shape index (κ1) is 20.7. The molecule has 0 fully saturated rings. The lowest BCUT2D eigenvalue weighted by Gasteiger charge is -2.14. The Labute approximate surface area is 171 Å². The van der Waals surface area contributed by atoms with Gasteiger partial charge in [0.1, 0.15) is 18.1 Å². The minimum atomic E-state index is -0.259. The maximum atomic E-state index is 12.5.